The van der Waals surface area contributed by atoms with Crippen LogP contribution in [0.4, 0.5) is 0 Å². The molecule has 0 aliphatic heterocycles. The molecule has 19 heavy (non-hydrogen) atoms. The van der Waals surface area contributed by atoms with Gasteiger partial charge < -0.3 is 9.38 Å². The Bertz CT molecular complexity index is 321. The smallest absolute Gasteiger partial charge is 0.329 e. The highest BCUT2D eigenvalue weighted by molar-refractivity contribution is 7.98. The van der Waals surface area contributed by atoms with Gasteiger partial charge in [0.2, 0.25) is 0 Å². The molecule has 1 N–H and O–H groups in total. The second kappa shape index (κ2) is 7.43. The molecule has 7 heteroatoms. The molecule has 114 valence electrons. The molecule has 3 unspecified atom stereocenters. The van der Waals surface area contributed by atoms with Gasteiger partial charge in [0.05, 0.1) is 21.1 Å². The van der Waals surface area contributed by atoms with Gasteiger partial charge in [-0.2, -0.15) is 0 Å². The summed E-state index contributed by atoms with van der Waals surface area (Å²) in [5, 5.41) is 0.311. The Kier molecular flexibility index (Phi) is 6.84. The van der Waals surface area contributed by atoms with Crippen LogP contribution in [-0.4, -0.2) is 48.9 Å². The van der Waals surface area contributed by atoms with E-state index < -0.39 is 7.82 Å². The van der Waals surface area contributed by atoms with E-state index in [2.05, 4.69) is 6.92 Å². The normalized spacial score (nSPS) is 28.1. The van der Waals surface area contributed by atoms with Gasteiger partial charge in [0.1, 0.15) is 13.2 Å². The standard InChI is InChI=1S/C12H26NO4PS/c1-11-6-5-7-12(10-11)19-17-18(14,15)16-9-8-13(2,3)4/h11-12H,5-10H2,1-4H3/p+1. The number of nitrogens with zero attached hydrogens (tertiary/aromatic N) is 1. The number of phosphoric acid groups is 1. The van der Waals surface area contributed by atoms with Gasteiger partial charge in [0, 0.05) is 17.3 Å². The lowest BCUT2D eigenvalue weighted by molar-refractivity contribution is -0.870. The zero-order chi connectivity index (χ0) is 14.5. The van der Waals surface area contributed by atoms with Crippen molar-refractivity contribution >= 4 is 19.9 Å². The second-order valence-electron chi connectivity index (χ2n) is 6.38. The van der Waals surface area contributed by atoms with Gasteiger partial charge in [0.15, 0.2) is 0 Å². The highest BCUT2D eigenvalue weighted by Crippen LogP contribution is 2.49. The van der Waals surface area contributed by atoms with Gasteiger partial charge in [-0.05, 0) is 18.8 Å². The Morgan fingerprint density at radius 1 is 1.37 bits per heavy atom. The van der Waals surface area contributed by atoms with E-state index in [9.17, 15) is 9.46 Å². The fourth-order valence-corrected chi connectivity index (χ4v) is 4.11. The maximum Gasteiger partial charge on any atom is 0.483 e. The van der Waals surface area contributed by atoms with Crippen molar-refractivity contribution in [3.63, 3.8) is 0 Å². The van der Waals surface area contributed by atoms with Crippen LogP contribution in [0.15, 0.2) is 0 Å². The number of phosphoric ester groups is 1. The van der Waals surface area contributed by atoms with E-state index >= 15 is 0 Å². The molecule has 5 nitrogen and oxygen atoms in total. The SMILES string of the molecule is CC1CCCC(SOP(=O)(O)OCC[N+](C)(C)C)C1. The largest absolute Gasteiger partial charge is 0.483 e. The van der Waals surface area contributed by atoms with Gasteiger partial charge in [-0.15, -0.1) is 0 Å². The second-order valence-corrected chi connectivity index (χ2v) is 9.03. The Hall–Kier alpha value is 0.420. The first-order valence-electron chi connectivity index (χ1n) is 6.81. The van der Waals surface area contributed by atoms with Crippen molar-refractivity contribution in [3.8, 4) is 0 Å². The maximum absolute atomic E-state index is 11.7. The molecule has 0 saturated heterocycles. The molecule has 0 bridgehead atoms. The summed E-state index contributed by atoms with van der Waals surface area (Å²) in [6.45, 7) is 3.10. The molecule has 0 radical (unpaired) electrons. The third-order valence-electron chi connectivity index (χ3n) is 3.18. The highest BCUT2D eigenvalue weighted by atomic mass is 32.2. The van der Waals surface area contributed by atoms with Crippen LogP contribution in [0.1, 0.15) is 32.6 Å². The summed E-state index contributed by atoms with van der Waals surface area (Å²) in [4.78, 5) is 9.59. The molecule has 0 aromatic rings. The lowest BCUT2D eigenvalue weighted by atomic mass is 9.91. The van der Waals surface area contributed by atoms with Crippen molar-refractivity contribution in [3.05, 3.63) is 0 Å². The van der Waals surface area contributed by atoms with Crippen molar-refractivity contribution < 1.29 is 22.4 Å². The molecule has 0 aromatic heterocycles. The summed E-state index contributed by atoms with van der Waals surface area (Å²) in [6.07, 6.45) is 4.51. The molecule has 1 saturated carbocycles. The van der Waals surface area contributed by atoms with Crippen LogP contribution in [0, 0.1) is 5.92 Å². The number of rotatable bonds is 7. The van der Waals surface area contributed by atoms with Crippen molar-refractivity contribution in [2.45, 2.75) is 37.9 Å². The fraction of sp³-hybridized carbons (Fsp3) is 1.00. The first kappa shape index (κ1) is 17.5. The topological polar surface area (TPSA) is 55.8 Å². The minimum atomic E-state index is -3.91. The average molecular weight is 312 g/mol. The van der Waals surface area contributed by atoms with Crippen LogP contribution in [0.2, 0.25) is 0 Å². The number of likely N-dealkylation sites (N-methyl/N-ethyl adjacent to an activating group) is 1. The predicted molar refractivity (Wildman–Crippen MR) is 78.8 cm³/mol. The Morgan fingerprint density at radius 2 is 2.05 bits per heavy atom. The summed E-state index contributed by atoms with van der Waals surface area (Å²) in [6, 6.07) is 0. The lowest BCUT2D eigenvalue weighted by Crippen LogP contribution is -2.37. The third-order valence-corrected chi connectivity index (χ3v) is 5.49. The Balaban J connectivity index is 2.24. The van der Waals surface area contributed by atoms with Gasteiger partial charge in [0.25, 0.3) is 0 Å². The first-order valence-corrected chi connectivity index (χ1v) is 9.11. The summed E-state index contributed by atoms with van der Waals surface area (Å²) in [5.74, 6) is 0.673. The molecule has 0 heterocycles. The molecule has 1 aliphatic rings. The summed E-state index contributed by atoms with van der Waals surface area (Å²) >= 11 is 1.12. The van der Waals surface area contributed by atoms with Crippen LogP contribution in [-0.2, 0) is 13.1 Å². The minimum Gasteiger partial charge on any atom is -0.329 e. The lowest BCUT2D eigenvalue weighted by Gasteiger charge is -2.26. The predicted octanol–water partition coefficient (Wildman–Crippen LogP) is 3.05. The van der Waals surface area contributed by atoms with Crippen LogP contribution in [0.25, 0.3) is 0 Å². The van der Waals surface area contributed by atoms with E-state index in [4.69, 9.17) is 8.49 Å². The molecule has 3 atom stereocenters. The molecular weight excluding hydrogens is 285 g/mol. The molecule has 1 fully saturated rings. The zero-order valence-corrected chi connectivity index (χ0v) is 14.1. The highest BCUT2D eigenvalue weighted by Gasteiger charge is 2.27. The maximum atomic E-state index is 11.7. The molecule has 1 rings (SSSR count). The van der Waals surface area contributed by atoms with Crippen molar-refractivity contribution in [1.82, 2.24) is 0 Å². The van der Waals surface area contributed by atoms with Gasteiger partial charge >= 0.3 is 7.82 Å². The zero-order valence-electron chi connectivity index (χ0n) is 12.4. The Morgan fingerprint density at radius 3 is 2.63 bits per heavy atom. The Labute approximate surface area is 121 Å². The summed E-state index contributed by atoms with van der Waals surface area (Å²) in [5.41, 5.74) is 0. The van der Waals surface area contributed by atoms with E-state index in [1.54, 1.807) is 0 Å². The van der Waals surface area contributed by atoms with Gasteiger partial charge in [-0.1, -0.05) is 19.8 Å². The van der Waals surface area contributed by atoms with Crippen molar-refractivity contribution in [1.29, 1.82) is 0 Å². The molecule has 0 aromatic carbocycles. The van der Waals surface area contributed by atoms with E-state index in [0.717, 1.165) is 24.9 Å². The minimum absolute atomic E-state index is 0.221. The van der Waals surface area contributed by atoms with E-state index in [-0.39, 0.29) is 6.61 Å². The van der Waals surface area contributed by atoms with E-state index in [1.807, 2.05) is 21.1 Å². The summed E-state index contributed by atoms with van der Waals surface area (Å²) < 4.78 is 22.4. The van der Waals surface area contributed by atoms with Gasteiger partial charge in [-0.25, -0.2) is 8.54 Å². The summed E-state index contributed by atoms with van der Waals surface area (Å²) in [7, 11) is 2.10. The van der Waals surface area contributed by atoms with Crippen molar-refractivity contribution in [2.75, 3.05) is 34.3 Å². The van der Waals surface area contributed by atoms with Crippen LogP contribution in [0.3, 0.4) is 0 Å². The molecular formula is C12H27NO4PS+. The molecule has 0 amide bonds. The third kappa shape index (κ3) is 8.33. The van der Waals surface area contributed by atoms with Crippen molar-refractivity contribution in [2.24, 2.45) is 5.92 Å². The van der Waals surface area contributed by atoms with E-state index in [0.29, 0.717) is 22.2 Å². The van der Waals surface area contributed by atoms with E-state index in [1.165, 1.54) is 12.8 Å². The fourth-order valence-electron chi connectivity index (χ4n) is 2.03. The number of hydrogen-bond acceptors (Lipinski definition) is 4. The monoisotopic (exact) mass is 312 g/mol. The quantitative estimate of drug-likeness (QED) is 0.445. The van der Waals surface area contributed by atoms with Crippen LogP contribution < -0.4 is 0 Å². The molecule has 1 aliphatic carbocycles. The molecule has 0 spiro atoms. The number of hydrogen-bond donors (Lipinski definition) is 1. The first-order chi connectivity index (χ1) is 8.68. The number of quaternary nitrogens is 1. The van der Waals surface area contributed by atoms with Gasteiger partial charge in [-0.3, -0.25) is 4.52 Å². The van der Waals surface area contributed by atoms with Crippen LogP contribution >= 0.6 is 19.9 Å². The average Bonchev–Trinajstić information content (AvgIpc) is 2.24. The van der Waals surface area contributed by atoms with Crippen LogP contribution in [0.5, 0.6) is 0 Å².